The van der Waals surface area contributed by atoms with Gasteiger partial charge in [0.05, 0.1) is 32.3 Å². The first kappa shape index (κ1) is 11.7. The number of halogens is 1. The van der Waals surface area contributed by atoms with Crippen LogP contribution in [-0.2, 0) is 10.2 Å². The Kier molecular flexibility index (Phi) is 3.10. The largest absolute Gasteiger partial charge is 0.496 e. The van der Waals surface area contributed by atoms with Gasteiger partial charge in [-0.2, -0.15) is 0 Å². The molecule has 0 bridgehead atoms. The molecule has 0 amide bonds. The molecule has 1 aliphatic rings. The Bertz CT molecular complexity index is 394. The summed E-state index contributed by atoms with van der Waals surface area (Å²) in [4.78, 5) is 0. The molecule has 2 rings (SSSR count). The smallest absolute Gasteiger partial charge is 0.123 e. The predicted octanol–water partition coefficient (Wildman–Crippen LogP) is 1.92. The first-order chi connectivity index (χ1) is 7.63. The predicted molar refractivity (Wildman–Crippen MR) is 62.3 cm³/mol. The van der Waals surface area contributed by atoms with Crippen LogP contribution in [0.2, 0.25) is 5.02 Å². The normalized spacial score (nSPS) is 18.0. The zero-order valence-corrected chi connectivity index (χ0v) is 10.2. The molecule has 1 heterocycles. The monoisotopic (exact) mass is 242 g/mol. The van der Waals surface area contributed by atoms with Gasteiger partial charge in [-0.15, -0.1) is 0 Å². The van der Waals surface area contributed by atoms with Crippen molar-refractivity contribution in [3.63, 3.8) is 0 Å². The molecule has 88 valence electrons. The molecular weight excluding hydrogens is 228 g/mol. The van der Waals surface area contributed by atoms with E-state index in [1.807, 2.05) is 19.1 Å². The highest BCUT2D eigenvalue weighted by Crippen LogP contribution is 2.40. The van der Waals surface area contributed by atoms with E-state index in [4.69, 9.17) is 21.1 Å². The van der Waals surface area contributed by atoms with E-state index in [-0.39, 0.29) is 12.0 Å². The second kappa shape index (κ2) is 4.24. The van der Waals surface area contributed by atoms with E-state index in [0.717, 1.165) is 16.9 Å². The Balaban J connectivity index is 2.50. The highest BCUT2D eigenvalue weighted by atomic mass is 35.5. The number of methoxy groups -OCH3 is 1. The van der Waals surface area contributed by atoms with Gasteiger partial charge in [-0.05, 0) is 24.6 Å². The SMILES string of the molecule is COc1cc(C)c(Cl)cc1C1(CO)COC1. The summed E-state index contributed by atoms with van der Waals surface area (Å²) < 4.78 is 10.5. The van der Waals surface area contributed by atoms with Crippen molar-refractivity contribution in [1.29, 1.82) is 0 Å². The van der Waals surface area contributed by atoms with E-state index in [1.165, 1.54) is 0 Å². The van der Waals surface area contributed by atoms with Crippen molar-refractivity contribution in [3.05, 3.63) is 28.3 Å². The van der Waals surface area contributed by atoms with Gasteiger partial charge >= 0.3 is 0 Å². The summed E-state index contributed by atoms with van der Waals surface area (Å²) in [6.07, 6.45) is 0. The molecule has 0 saturated carbocycles. The van der Waals surface area contributed by atoms with E-state index in [1.54, 1.807) is 7.11 Å². The third-order valence-corrected chi connectivity index (χ3v) is 3.52. The first-order valence-corrected chi connectivity index (χ1v) is 5.54. The summed E-state index contributed by atoms with van der Waals surface area (Å²) in [5.41, 5.74) is 1.55. The second-order valence-corrected chi connectivity index (χ2v) is 4.64. The molecule has 0 atom stereocenters. The lowest BCUT2D eigenvalue weighted by molar-refractivity contribution is -0.0849. The maximum atomic E-state index is 9.49. The van der Waals surface area contributed by atoms with Gasteiger partial charge < -0.3 is 14.6 Å². The number of aliphatic hydroxyl groups is 1. The highest BCUT2D eigenvalue weighted by Gasteiger charge is 2.42. The summed E-state index contributed by atoms with van der Waals surface area (Å²) in [7, 11) is 1.62. The minimum absolute atomic E-state index is 0.0444. The first-order valence-electron chi connectivity index (χ1n) is 5.16. The van der Waals surface area contributed by atoms with Crippen LogP contribution in [0.25, 0.3) is 0 Å². The van der Waals surface area contributed by atoms with E-state index in [2.05, 4.69) is 0 Å². The summed E-state index contributed by atoms with van der Waals surface area (Å²) >= 11 is 6.11. The number of hydrogen-bond acceptors (Lipinski definition) is 3. The van der Waals surface area contributed by atoms with Crippen LogP contribution in [0.5, 0.6) is 5.75 Å². The fourth-order valence-corrected chi connectivity index (χ4v) is 2.08. The van der Waals surface area contributed by atoms with Crippen LogP contribution >= 0.6 is 11.6 Å². The van der Waals surface area contributed by atoms with Gasteiger partial charge in [-0.25, -0.2) is 0 Å². The van der Waals surface area contributed by atoms with E-state index >= 15 is 0 Å². The van der Waals surface area contributed by atoms with Crippen molar-refractivity contribution in [2.45, 2.75) is 12.3 Å². The molecule has 1 fully saturated rings. The van der Waals surface area contributed by atoms with Crippen molar-refractivity contribution in [2.75, 3.05) is 26.9 Å². The van der Waals surface area contributed by atoms with Crippen LogP contribution in [0.1, 0.15) is 11.1 Å². The topological polar surface area (TPSA) is 38.7 Å². The second-order valence-electron chi connectivity index (χ2n) is 4.23. The number of hydrogen-bond donors (Lipinski definition) is 1. The Labute approximate surface area is 99.9 Å². The van der Waals surface area contributed by atoms with Gasteiger partial charge in [0.2, 0.25) is 0 Å². The van der Waals surface area contributed by atoms with Crippen molar-refractivity contribution < 1.29 is 14.6 Å². The Hall–Kier alpha value is -0.770. The minimum atomic E-state index is -0.345. The summed E-state index contributed by atoms with van der Waals surface area (Å²) in [6.45, 7) is 3.00. The lowest BCUT2D eigenvalue weighted by Crippen LogP contribution is -2.49. The summed E-state index contributed by atoms with van der Waals surface area (Å²) in [6, 6.07) is 3.77. The van der Waals surface area contributed by atoms with Gasteiger partial charge in [0.25, 0.3) is 0 Å². The maximum Gasteiger partial charge on any atom is 0.123 e. The van der Waals surface area contributed by atoms with Crippen LogP contribution in [0.4, 0.5) is 0 Å². The number of rotatable bonds is 3. The Morgan fingerprint density at radius 2 is 2.19 bits per heavy atom. The maximum absolute atomic E-state index is 9.49. The van der Waals surface area contributed by atoms with Gasteiger partial charge in [0, 0.05) is 10.6 Å². The average molecular weight is 243 g/mol. The Morgan fingerprint density at radius 1 is 1.50 bits per heavy atom. The van der Waals surface area contributed by atoms with E-state index in [0.29, 0.717) is 18.2 Å². The third kappa shape index (κ3) is 1.69. The number of ether oxygens (including phenoxy) is 2. The van der Waals surface area contributed by atoms with Crippen LogP contribution in [0.15, 0.2) is 12.1 Å². The summed E-state index contributed by atoms with van der Waals surface area (Å²) in [5, 5.41) is 10.2. The zero-order valence-electron chi connectivity index (χ0n) is 9.42. The summed E-state index contributed by atoms with van der Waals surface area (Å²) in [5.74, 6) is 0.763. The molecule has 0 aliphatic carbocycles. The molecule has 3 nitrogen and oxygen atoms in total. The molecule has 0 spiro atoms. The van der Waals surface area contributed by atoms with Crippen molar-refractivity contribution in [3.8, 4) is 5.75 Å². The van der Waals surface area contributed by atoms with Gasteiger partial charge in [-0.1, -0.05) is 11.6 Å². The van der Waals surface area contributed by atoms with E-state index in [9.17, 15) is 5.11 Å². The van der Waals surface area contributed by atoms with Crippen molar-refractivity contribution in [2.24, 2.45) is 0 Å². The molecule has 0 radical (unpaired) electrons. The lowest BCUT2D eigenvalue weighted by Gasteiger charge is -2.41. The van der Waals surface area contributed by atoms with Crippen molar-refractivity contribution in [1.82, 2.24) is 0 Å². The standard InChI is InChI=1S/C12H15ClO3/c1-8-3-11(15-2)9(4-10(8)13)12(5-14)6-16-7-12/h3-4,14H,5-7H2,1-2H3. The van der Waals surface area contributed by atoms with Crippen molar-refractivity contribution >= 4 is 11.6 Å². The number of aliphatic hydroxyl groups excluding tert-OH is 1. The van der Waals surface area contributed by atoms with Gasteiger partial charge in [0.15, 0.2) is 0 Å². The zero-order chi connectivity index (χ0) is 11.8. The lowest BCUT2D eigenvalue weighted by atomic mass is 9.78. The van der Waals surface area contributed by atoms with Crippen LogP contribution in [-0.4, -0.2) is 32.0 Å². The highest BCUT2D eigenvalue weighted by molar-refractivity contribution is 6.31. The fourth-order valence-electron chi connectivity index (χ4n) is 1.92. The third-order valence-electron chi connectivity index (χ3n) is 3.11. The average Bonchev–Trinajstić information content (AvgIpc) is 2.22. The molecule has 0 aromatic heterocycles. The van der Waals surface area contributed by atoms with Crippen LogP contribution in [0.3, 0.4) is 0 Å². The van der Waals surface area contributed by atoms with Crippen LogP contribution in [0, 0.1) is 6.92 Å². The van der Waals surface area contributed by atoms with Gasteiger partial charge in [-0.3, -0.25) is 0 Å². The minimum Gasteiger partial charge on any atom is -0.496 e. The van der Waals surface area contributed by atoms with E-state index < -0.39 is 0 Å². The molecule has 4 heteroatoms. The molecule has 1 aromatic carbocycles. The molecule has 1 aromatic rings. The molecule has 0 unspecified atom stereocenters. The molecule has 1 saturated heterocycles. The molecule has 1 N–H and O–H groups in total. The fraction of sp³-hybridized carbons (Fsp3) is 0.500. The van der Waals surface area contributed by atoms with Crippen LogP contribution < -0.4 is 4.74 Å². The molecule has 16 heavy (non-hydrogen) atoms. The van der Waals surface area contributed by atoms with Gasteiger partial charge in [0.1, 0.15) is 5.75 Å². The Morgan fingerprint density at radius 3 is 2.62 bits per heavy atom. The molecule has 1 aliphatic heterocycles. The number of aryl methyl sites for hydroxylation is 1. The number of benzene rings is 1. The quantitative estimate of drug-likeness (QED) is 0.880. The molecular formula is C12H15ClO3.